The van der Waals surface area contributed by atoms with Crippen LogP contribution in [0.1, 0.15) is 54.6 Å². The van der Waals surface area contributed by atoms with E-state index in [-0.39, 0.29) is 48.9 Å². The zero-order valence-corrected chi connectivity index (χ0v) is 23.0. The molecule has 2 aromatic rings. The van der Waals surface area contributed by atoms with Crippen molar-refractivity contribution in [2.45, 2.75) is 51.4 Å². The SMILES string of the molecule is Cc1cc(NC(=O)c2cc(F)c(NS(=O)(=O)CCO)cc2N2CCC3(CC2)CC3)nc(N2CCC(F)(F)CC2)n1. The number of anilines is 4. The average molecular weight is 583 g/mol. The maximum Gasteiger partial charge on any atom is 0.259 e. The molecule has 1 aromatic heterocycles. The van der Waals surface area contributed by atoms with E-state index in [1.807, 2.05) is 4.90 Å². The number of sulfonamides is 1. The van der Waals surface area contributed by atoms with Crippen LogP contribution in [-0.2, 0) is 10.0 Å². The van der Waals surface area contributed by atoms with E-state index in [2.05, 4.69) is 20.0 Å². The van der Waals surface area contributed by atoms with Crippen molar-refractivity contribution in [3.8, 4) is 0 Å². The lowest BCUT2D eigenvalue weighted by atomic mass is 9.93. The summed E-state index contributed by atoms with van der Waals surface area (Å²) < 4.78 is 69.0. The summed E-state index contributed by atoms with van der Waals surface area (Å²) >= 11 is 0. The number of benzene rings is 1. The third-order valence-electron chi connectivity index (χ3n) is 7.94. The molecule has 2 aliphatic heterocycles. The summed E-state index contributed by atoms with van der Waals surface area (Å²) in [6, 6.07) is 3.84. The van der Waals surface area contributed by atoms with Crippen molar-refractivity contribution in [2.24, 2.45) is 5.41 Å². The molecule has 1 aromatic carbocycles. The number of nitrogens with one attached hydrogen (secondary N) is 2. The minimum atomic E-state index is -4.00. The predicted molar refractivity (Wildman–Crippen MR) is 145 cm³/mol. The van der Waals surface area contributed by atoms with Gasteiger partial charge in [-0.15, -0.1) is 0 Å². The van der Waals surface area contributed by atoms with Gasteiger partial charge in [0.2, 0.25) is 16.0 Å². The Hall–Kier alpha value is -3.13. The van der Waals surface area contributed by atoms with E-state index in [1.165, 1.54) is 12.1 Å². The average Bonchev–Trinajstić information content (AvgIpc) is 3.63. The third-order valence-corrected chi connectivity index (χ3v) is 9.19. The number of carbonyl (C=O) groups is 1. The number of carbonyl (C=O) groups excluding carboxylic acids is 1. The third kappa shape index (κ3) is 6.43. The molecular weight excluding hydrogens is 549 g/mol. The van der Waals surface area contributed by atoms with Crippen LogP contribution in [0.5, 0.6) is 0 Å². The smallest absolute Gasteiger partial charge is 0.259 e. The molecule has 14 heteroatoms. The van der Waals surface area contributed by atoms with E-state index >= 15 is 4.39 Å². The van der Waals surface area contributed by atoms with Crippen LogP contribution in [0.4, 0.5) is 36.3 Å². The zero-order chi connectivity index (χ0) is 28.7. The van der Waals surface area contributed by atoms with Crippen LogP contribution in [0.3, 0.4) is 0 Å². The predicted octanol–water partition coefficient (Wildman–Crippen LogP) is 3.53. The first-order valence-corrected chi connectivity index (χ1v) is 15.0. The number of amides is 1. The molecule has 0 unspecified atom stereocenters. The molecule has 3 fully saturated rings. The van der Waals surface area contributed by atoms with Gasteiger partial charge >= 0.3 is 0 Å². The fourth-order valence-electron chi connectivity index (χ4n) is 5.30. The van der Waals surface area contributed by atoms with E-state index < -0.39 is 40.0 Å². The van der Waals surface area contributed by atoms with Crippen molar-refractivity contribution >= 4 is 39.1 Å². The second kappa shape index (κ2) is 10.7. The molecule has 10 nitrogen and oxygen atoms in total. The summed E-state index contributed by atoms with van der Waals surface area (Å²) in [5, 5.41) is 11.7. The van der Waals surface area contributed by atoms with Gasteiger partial charge in [-0.3, -0.25) is 9.52 Å². The molecule has 3 aliphatic rings. The summed E-state index contributed by atoms with van der Waals surface area (Å²) in [7, 11) is -4.00. The highest BCUT2D eigenvalue weighted by atomic mass is 32.2. The topological polar surface area (TPSA) is 128 Å². The lowest BCUT2D eigenvalue weighted by molar-refractivity contribution is -0.0222. The van der Waals surface area contributed by atoms with Crippen molar-refractivity contribution < 1.29 is 31.5 Å². The molecule has 0 radical (unpaired) electrons. The van der Waals surface area contributed by atoms with Gasteiger partial charge in [-0.2, -0.15) is 4.98 Å². The number of nitrogens with zero attached hydrogens (tertiary/aromatic N) is 4. The molecular formula is C26H33F3N6O4S. The maximum absolute atomic E-state index is 15.2. The van der Waals surface area contributed by atoms with Crippen LogP contribution in [-0.4, -0.2) is 73.9 Å². The molecule has 1 amide bonds. The summed E-state index contributed by atoms with van der Waals surface area (Å²) in [6.07, 6.45) is 3.52. The van der Waals surface area contributed by atoms with Gasteiger partial charge in [-0.1, -0.05) is 0 Å². The molecule has 1 saturated carbocycles. The van der Waals surface area contributed by atoms with E-state index in [4.69, 9.17) is 5.11 Å². The second-order valence-electron chi connectivity index (χ2n) is 11.0. The van der Waals surface area contributed by atoms with E-state index in [0.29, 0.717) is 29.9 Å². The van der Waals surface area contributed by atoms with E-state index in [0.717, 1.165) is 31.7 Å². The summed E-state index contributed by atoms with van der Waals surface area (Å²) in [6.45, 7) is 2.47. The quantitative estimate of drug-likeness (QED) is 0.432. The number of halogens is 3. The molecule has 5 rings (SSSR count). The van der Waals surface area contributed by atoms with Crippen LogP contribution >= 0.6 is 0 Å². The first-order chi connectivity index (χ1) is 18.9. The largest absolute Gasteiger partial charge is 0.395 e. The maximum atomic E-state index is 15.2. The number of aromatic nitrogens is 2. The first kappa shape index (κ1) is 28.4. The lowest BCUT2D eigenvalue weighted by Gasteiger charge is -2.35. The van der Waals surface area contributed by atoms with Crippen LogP contribution < -0.4 is 19.8 Å². The second-order valence-corrected chi connectivity index (χ2v) is 12.8. The highest BCUT2D eigenvalue weighted by Crippen LogP contribution is 2.54. The fraction of sp³-hybridized carbons (Fsp3) is 0.577. The lowest BCUT2D eigenvalue weighted by Crippen LogP contribution is -2.40. The Balaban J connectivity index is 1.42. The Labute approximate surface area is 231 Å². The standard InChI is InChI=1S/C26H33F3N6O4S/c1-17-14-22(32-24(30-17)35-10-6-26(28,29)7-11-35)31-23(37)18-15-19(27)20(33-40(38,39)13-12-36)16-21(18)34-8-4-25(2-3-25)5-9-34/h14-16,33,36H,2-13H2,1H3,(H,30,31,32,37). The molecule has 0 atom stereocenters. The summed E-state index contributed by atoms with van der Waals surface area (Å²) in [5.41, 5.74) is 0.917. The van der Waals surface area contributed by atoms with Gasteiger partial charge in [0.1, 0.15) is 11.6 Å². The number of aliphatic hydroxyl groups excluding tert-OH is 1. The highest BCUT2D eigenvalue weighted by molar-refractivity contribution is 7.92. The van der Waals surface area contributed by atoms with Gasteiger partial charge in [-0.25, -0.2) is 26.6 Å². The van der Waals surface area contributed by atoms with Crippen LogP contribution in [0, 0.1) is 18.2 Å². The van der Waals surface area contributed by atoms with Crippen LogP contribution in [0.15, 0.2) is 18.2 Å². The molecule has 218 valence electrons. The minimum absolute atomic E-state index is 0.00443. The van der Waals surface area contributed by atoms with Gasteiger partial charge in [0.05, 0.1) is 29.3 Å². The van der Waals surface area contributed by atoms with Gasteiger partial charge in [-0.05, 0) is 50.2 Å². The highest BCUT2D eigenvalue weighted by Gasteiger charge is 2.45. The van der Waals surface area contributed by atoms with Gasteiger partial charge in [0.15, 0.2) is 0 Å². The van der Waals surface area contributed by atoms with Gasteiger partial charge in [0, 0.05) is 50.8 Å². The first-order valence-electron chi connectivity index (χ1n) is 13.4. The molecule has 3 heterocycles. The van der Waals surface area contributed by atoms with Gasteiger partial charge < -0.3 is 20.2 Å². The normalized spacial score (nSPS) is 19.9. The van der Waals surface area contributed by atoms with Crippen molar-refractivity contribution in [1.82, 2.24) is 9.97 Å². The minimum Gasteiger partial charge on any atom is -0.395 e. The monoisotopic (exact) mass is 582 g/mol. The Kier molecular flexibility index (Phi) is 7.59. The van der Waals surface area contributed by atoms with Crippen molar-refractivity contribution in [3.63, 3.8) is 0 Å². The molecule has 1 aliphatic carbocycles. The Morgan fingerprint density at radius 1 is 1.00 bits per heavy atom. The number of aliphatic hydroxyl groups is 1. The number of hydrogen-bond donors (Lipinski definition) is 3. The number of aryl methyl sites for hydroxylation is 1. The van der Waals surface area contributed by atoms with Crippen molar-refractivity contribution in [3.05, 3.63) is 35.3 Å². The molecule has 2 saturated heterocycles. The molecule has 40 heavy (non-hydrogen) atoms. The van der Waals surface area contributed by atoms with Crippen LogP contribution in [0.2, 0.25) is 0 Å². The Morgan fingerprint density at radius 3 is 2.27 bits per heavy atom. The van der Waals surface area contributed by atoms with E-state index in [1.54, 1.807) is 11.8 Å². The Bertz CT molecular complexity index is 1380. The van der Waals surface area contributed by atoms with E-state index in [9.17, 15) is 22.0 Å². The Morgan fingerprint density at radius 2 is 1.65 bits per heavy atom. The van der Waals surface area contributed by atoms with Gasteiger partial charge in [0.25, 0.3) is 11.8 Å². The molecule has 1 spiro atoms. The number of alkyl halides is 2. The van der Waals surface area contributed by atoms with Crippen LogP contribution in [0.25, 0.3) is 0 Å². The number of piperidine rings is 2. The van der Waals surface area contributed by atoms with Crippen molar-refractivity contribution in [2.75, 3.05) is 58.4 Å². The zero-order valence-electron chi connectivity index (χ0n) is 22.2. The molecule has 0 bridgehead atoms. The molecule has 3 N–H and O–H groups in total. The van der Waals surface area contributed by atoms with Crippen molar-refractivity contribution in [1.29, 1.82) is 0 Å². The summed E-state index contributed by atoms with van der Waals surface area (Å²) in [5.74, 6) is -4.57. The summed E-state index contributed by atoms with van der Waals surface area (Å²) in [4.78, 5) is 25.8. The number of rotatable bonds is 8. The number of hydrogen-bond acceptors (Lipinski definition) is 8. The fourth-order valence-corrected chi connectivity index (χ4v) is 6.13.